The van der Waals surface area contributed by atoms with Crippen LogP contribution in [0.1, 0.15) is 17.3 Å². The number of benzene rings is 1. The zero-order valence-corrected chi connectivity index (χ0v) is 10.2. The normalized spacial score (nSPS) is 10.7. The van der Waals surface area contributed by atoms with E-state index in [9.17, 15) is 18.0 Å². The second-order valence-corrected chi connectivity index (χ2v) is 5.21. The van der Waals surface area contributed by atoms with Crippen molar-refractivity contribution in [3.63, 3.8) is 0 Å². The van der Waals surface area contributed by atoms with Gasteiger partial charge >= 0.3 is 0 Å². The van der Waals surface area contributed by atoms with Crippen LogP contribution in [0.15, 0.2) is 24.3 Å². The van der Waals surface area contributed by atoms with Gasteiger partial charge in [-0.25, -0.2) is 13.1 Å². The van der Waals surface area contributed by atoms with Gasteiger partial charge in [-0.2, -0.15) is 0 Å². The van der Waals surface area contributed by atoms with Crippen LogP contribution in [0, 0.1) is 0 Å². The zero-order chi connectivity index (χ0) is 13.1. The highest BCUT2D eigenvalue weighted by atomic mass is 32.2. The monoisotopic (exact) mass is 256 g/mol. The van der Waals surface area contributed by atoms with Gasteiger partial charge in [-0.05, 0) is 18.2 Å². The molecule has 0 aliphatic heterocycles. The summed E-state index contributed by atoms with van der Waals surface area (Å²) in [5, 5.41) is 2.49. The van der Waals surface area contributed by atoms with Gasteiger partial charge in [0.15, 0.2) is 0 Å². The molecule has 0 unspecified atom stereocenters. The molecule has 0 radical (unpaired) electrons. The van der Waals surface area contributed by atoms with E-state index in [1.54, 1.807) is 12.1 Å². The van der Waals surface area contributed by atoms with Gasteiger partial charge in [0.1, 0.15) is 0 Å². The predicted molar refractivity (Wildman–Crippen MR) is 63.1 cm³/mol. The molecule has 0 bridgehead atoms. The molecular formula is C10H12N2O4S. The maximum Gasteiger partial charge on any atom is 0.264 e. The molecule has 0 saturated heterocycles. The summed E-state index contributed by atoms with van der Waals surface area (Å²) in [5.74, 6) is -1.01. The summed E-state index contributed by atoms with van der Waals surface area (Å²) in [6.45, 7) is 1.34. The number of nitrogens with one attached hydrogen (secondary N) is 2. The van der Waals surface area contributed by atoms with E-state index >= 15 is 0 Å². The number of carbonyl (C=O) groups excluding carboxylic acids is 2. The number of hydrogen-bond acceptors (Lipinski definition) is 4. The zero-order valence-electron chi connectivity index (χ0n) is 9.35. The lowest BCUT2D eigenvalue weighted by molar-refractivity contribution is -0.114. The Morgan fingerprint density at radius 3 is 2.41 bits per heavy atom. The van der Waals surface area contributed by atoms with Crippen LogP contribution in [0.3, 0.4) is 0 Å². The Morgan fingerprint density at radius 2 is 1.88 bits per heavy atom. The number of rotatable bonds is 3. The fourth-order valence-electron chi connectivity index (χ4n) is 1.17. The number of sulfonamides is 1. The summed E-state index contributed by atoms with van der Waals surface area (Å²) in [6.07, 6.45) is 0.891. The molecule has 1 aromatic carbocycles. The van der Waals surface area contributed by atoms with Crippen LogP contribution < -0.4 is 10.0 Å². The Bertz CT molecular complexity index is 551. The van der Waals surface area contributed by atoms with Crippen molar-refractivity contribution in [1.82, 2.24) is 4.72 Å². The van der Waals surface area contributed by atoms with E-state index in [0.717, 1.165) is 6.26 Å². The largest absolute Gasteiger partial charge is 0.326 e. The van der Waals surface area contributed by atoms with E-state index < -0.39 is 15.9 Å². The van der Waals surface area contributed by atoms with Gasteiger partial charge in [-0.15, -0.1) is 0 Å². The molecule has 0 fully saturated rings. The van der Waals surface area contributed by atoms with Crippen LogP contribution in [0.5, 0.6) is 0 Å². The highest BCUT2D eigenvalue weighted by molar-refractivity contribution is 7.89. The summed E-state index contributed by atoms with van der Waals surface area (Å²) >= 11 is 0. The average molecular weight is 256 g/mol. The van der Waals surface area contributed by atoms with E-state index in [1.165, 1.54) is 19.1 Å². The first kappa shape index (κ1) is 13.2. The fraction of sp³-hybridized carbons (Fsp3) is 0.200. The lowest BCUT2D eigenvalue weighted by Crippen LogP contribution is -2.29. The molecule has 1 rings (SSSR count). The Kier molecular flexibility index (Phi) is 3.84. The minimum Gasteiger partial charge on any atom is -0.326 e. The van der Waals surface area contributed by atoms with Crippen molar-refractivity contribution in [1.29, 1.82) is 0 Å². The van der Waals surface area contributed by atoms with Crippen molar-refractivity contribution in [3.8, 4) is 0 Å². The van der Waals surface area contributed by atoms with Gasteiger partial charge in [-0.3, -0.25) is 9.59 Å². The Hall–Kier alpha value is -1.89. The van der Waals surface area contributed by atoms with Crippen LogP contribution >= 0.6 is 0 Å². The van der Waals surface area contributed by atoms with E-state index in [0.29, 0.717) is 5.69 Å². The van der Waals surface area contributed by atoms with Crippen LogP contribution in [0.25, 0.3) is 0 Å². The third-order valence-electron chi connectivity index (χ3n) is 1.72. The molecule has 92 valence electrons. The summed E-state index contributed by atoms with van der Waals surface area (Å²) in [6, 6.07) is 5.98. The minimum absolute atomic E-state index is 0.154. The van der Waals surface area contributed by atoms with Crippen LogP contribution in [-0.4, -0.2) is 26.5 Å². The molecule has 0 aromatic heterocycles. The first-order chi connectivity index (χ1) is 7.78. The molecular weight excluding hydrogens is 244 g/mol. The van der Waals surface area contributed by atoms with Crippen LogP contribution in [-0.2, 0) is 14.8 Å². The molecule has 0 aliphatic rings. The molecule has 2 amide bonds. The van der Waals surface area contributed by atoms with Crippen molar-refractivity contribution in [2.45, 2.75) is 6.92 Å². The molecule has 2 N–H and O–H groups in total. The first-order valence-corrected chi connectivity index (χ1v) is 6.57. The molecule has 0 atom stereocenters. The van der Waals surface area contributed by atoms with Crippen LogP contribution in [0.4, 0.5) is 5.69 Å². The highest BCUT2D eigenvalue weighted by Gasteiger charge is 2.11. The van der Waals surface area contributed by atoms with E-state index in [-0.39, 0.29) is 11.5 Å². The molecule has 0 heterocycles. The first-order valence-electron chi connectivity index (χ1n) is 4.68. The topological polar surface area (TPSA) is 92.3 Å². The highest BCUT2D eigenvalue weighted by Crippen LogP contribution is 2.10. The predicted octanol–water partition coefficient (Wildman–Crippen LogP) is 0.334. The molecule has 0 aliphatic carbocycles. The molecule has 0 saturated carbocycles. The number of carbonyl (C=O) groups is 2. The standard InChI is InChI=1S/C10H12N2O4S/c1-7(13)11-9-5-3-4-8(6-9)10(14)12-17(2,15)16/h3-6H,1-2H3,(H,11,13)(H,12,14). The lowest BCUT2D eigenvalue weighted by atomic mass is 10.2. The van der Waals surface area contributed by atoms with E-state index in [2.05, 4.69) is 5.32 Å². The third kappa shape index (κ3) is 4.64. The smallest absolute Gasteiger partial charge is 0.264 e. The van der Waals surface area contributed by atoms with E-state index in [4.69, 9.17) is 0 Å². The number of anilines is 1. The number of hydrogen-bond donors (Lipinski definition) is 2. The van der Waals surface area contributed by atoms with Gasteiger partial charge in [-0.1, -0.05) is 6.07 Å². The summed E-state index contributed by atoms with van der Waals surface area (Å²) < 4.78 is 23.6. The maximum atomic E-state index is 11.5. The quantitative estimate of drug-likeness (QED) is 0.815. The van der Waals surface area contributed by atoms with Crippen molar-refractivity contribution < 1.29 is 18.0 Å². The van der Waals surface area contributed by atoms with Gasteiger partial charge < -0.3 is 5.32 Å². The van der Waals surface area contributed by atoms with Gasteiger partial charge in [0.25, 0.3) is 5.91 Å². The summed E-state index contributed by atoms with van der Waals surface area (Å²) in [5.41, 5.74) is 0.584. The third-order valence-corrected chi connectivity index (χ3v) is 2.28. The van der Waals surface area contributed by atoms with Crippen molar-refractivity contribution in [3.05, 3.63) is 29.8 Å². The van der Waals surface area contributed by atoms with Gasteiger partial charge in [0.2, 0.25) is 15.9 Å². The Labute approximate surface area is 99.1 Å². The lowest BCUT2D eigenvalue weighted by Gasteiger charge is -2.05. The van der Waals surface area contributed by atoms with Gasteiger partial charge in [0, 0.05) is 18.2 Å². The Morgan fingerprint density at radius 1 is 1.24 bits per heavy atom. The van der Waals surface area contributed by atoms with Crippen molar-refractivity contribution >= 4 is 27.5 Å². The summed E-state index contributed by atoms with van der Waals surface area (Å²) in [7, 11) is -3.59. The maximum absolute atomic E-state index is 11.5. The fourth-order valence-corrected chi connectivity index (χ4v) is 1.62. The number of amides is 2. The van der Waals surface area contributed by atoms with Crippen molar-refractivity contribution in [2.75, 3.05) is 11.6 Å². The molecule has 1 aromatic rings. The second kappa shape index (κ2) is 4.96. The molecule has 6 nitrogen and oxygen atoms in total. The summed E-state index contributed by atoms with van der Waals surface area (Å²) in [4.78, 5) is 22.3. The molecule has 7 heteroatoms. The average Bonchev–Trinajstić information content (AvgIpc) is 2.14. The second-order valence-electron chi connectivity index (χ2n) is 3.47. The van der Waals surface area contributed by atoms with Gasteiger partial charge in [0.05, 0.1) is 6.26 Å². The molecule has 0 spiro atoms. The van der Waals surface area contributed by atoms with Crippen molar-refractivity contribution in [2.24, 2.45) is 0 Å². The molecule has 17 heavy (non-hydrogen) atoms. The van der Waals surface area contributed by atoms with Crippen LogP contribution in [0.2, 0.25) is 0 Å². The van der Waals surface area contributed by atoms with E-state index in [1.807, 2.05) is 4.72 Å². The minimum atomic E-state index is -3.59. The SMILES string of the molecule is CC(=O)Nc1cccc(C(=O)NS(C)(=O)=O)c1. The Balaban J connectivity index is 2.92.